The van der Waals surface area contributed by atoms with E-state index in [2.05, 4.69) is 69.9 Å². The number of fused-ring (bicyclic) bond motifs is 1. The quantitative estimate of drug-likeness (QED) is 0.324. The van der Waals surface area contributed by atoms with Gasteiger partial charge in [-0.1, -0.05) is 69.7 Å². The zero-order valence-corrected chi connectivity index (χ0v) is 24.3. The van der Waals surface area contributed by atoms with E-state index in [4.69, 9.17) is 4.98 Å². The van der Waals surface area contributed by atoms with Crippen molar-refractivity contribution in [3.8, 4) is 0 Å². The first-order valence-electron chi connectivity index (χ1n) is 15.5. The van der Waals surface area contributed by atoms with Gasteiger partial charge in [-0.25, -0.2) is 0 Å². The zero-order valence-electron chi connectivity index (χ0n) is 24.3. The molecule has 212 valence electrons. The molecule has 0 aromatic carbocycles. The highest BCUT2D eigenvalue weighted by Crippen LogP contribution is 2.60. The van der Waals surface area contributed by atoms with E-state index in [-0.39, 0.29) is 10.8 Å². The van der Waals surface area contributed by atoms with Crippen molar-refractivity contribution in [1.29, 1.82) is 0 Å². The van der Waals surface area contributed by atoms with Crippen molar-refractivity contribution in [1.82, 2.24) is 4.98 Å². The minimum atomic E-state index is -0.639. The van der Waals surface area contributed by atoms with Gasteiger partial charge in [0.05, 0.1) is 18.3 Å². The van der Waals surface area contributed by atoms with Crippen LogP contribution in [0, 0.1) is 23.2 Å². The first-order valence-corrected chi connectivity index (χ1v) is 15.5. The zero-order chi connectivity index (χ0) is 27.8. The molecule has 0 unspecified atom stereocenters. The molecule has 4 heteroatoms. The van der Waals surface area contributed by atoms with Gasteiger partial charge >= 0.3 is 0 Å². The summed E-state index contributed by atoms with van der Waals surface area (Å²) in [5.41, 5.74) is 5.51. The van der Waals surface area contributed by atoms with E-state index in [9.17, 15) is 15.3 Å². The van der Waals surface area contributed by atoms with Crippen LogP contribution in [0.2, 0.25) is 0 Å². The van der Waals surface area contributed by atoms with E-state index < -0.39 is 18.3 Å². The average Bonchev–Trinajstić information content (AvgIpc) is 3.65. The fraction of sp³-hybridized carbons (Fsp3) is 0.629. The van der Waals surface area contributed by atoms with Gasteiger partial charge in [-0.3, -0.25) is 4.98 Å². The Labute approximate surface area is 235 Å². The van der Waals surface area contributed by atoms with Crippen LogP contribution in [0.25, 0.3) is 0 Å². The van der Waals surface area contributed by atoms with Gasteiger partial charge in [0.25, 0.3) is 0 Å². The fourth-order valence-corrected chi connectivity index (χ4v) is 8.20. The minimum absolute atomic E-state index is 0.208. The normalized spacial score (nSPS) is 35.9. The number of hydrogen-bond donors (Lipinski definition) is 3. The molecular formula is C35H49NO3. The number of hydrogen-bond acceptors (Lipinski definition) is 4. The molecule has 7 atom stereocenters. The summed E-state index contributed by atoms with van der Waals surface area (Å²) in [6, 6.07) is 6.31. The van der Waals surface area contributed by atoms with Gasteiger partial charge in [-0.2, -0.15) is 0 Å². The highest BCUT2D eigenvalue weighted by atomic mass is 16.3. The Kier molecular flexibility index (Phi) is 8.38. The lowest BCUT2D eigenvalue weighted by atomic mass is 9.61. The van der Waals surface area contributed by atoms with Gasteiger partial charge in [-0.05, 0) is 104 Å². The maximum Gasteiger partial charge on any atom is 0.0832 e. The second-order valence-corrected chi connectivity index (χ2v) is 13.3. The number of nitrogens with zero attached hydrogens (tertiary/aromatic N) is 1. The van der Waals surface area contributed by atoms with Gasteiger partial charge in [0, 0.05) is 23.2 Å². The molecule has 39 heavy (non-hydrogen) atoms. The van der Waals surface area contributed by atoms with Crippen LogP contribution < -0.4 is 0 Å². The lowest BCUT2D eigenvalue weighted by Crippen LogP contribution is -2.35. The van der Waals surface area contributed by atoms with Gasteiger partial charge in [0.15, 0.2) is 0 Å². The van der Waals surface area contributed by atoms with E-state index >= 15 is 0 Å². The second kappa shape index (κ2) is 11.5. The minimum Gasteiger partial charge on any atom is -0.393 e. The lowest BCUT2D eigenvalue weighted by Gasteiger charge is -2.44. The van der Waals surface area contributed by atoms with E-state index in [1.165, 1.54) is 31.3 Å². The molecule has 4 saturated carbocycles. The second-order valence-electron chi connectivity index (χ2n) is 13.3. The third-order valence-electron chi connectivity index (χ3n) is 10.7. The van der Waals surface area contributed by atoms with Crippen LogP contribution >= 0.6 is 0 Å². The van der Waals surface area contributed by atoms with E-state index in [0.717, 1.165) is 54.6 Å². The van der Waals surface area contributed by atoms with E-state index in [1.54, 1.807) is 0 Å². The van der Waals surface area contributed by atoms with Crippen LogP contribution in [0.5, 0.6) is 0 Å². The van der Waals surface area contributed by atoms with Gasteiger partial charge in [-0.15, -0.1) is 0 Å². The van der Waals surface area contributed by atoms with Crippen molar-refractivity contribution in [3.63, 3.8) is 0 Å². The maximum absolute atomic E-state index is 11.3. The highest BCUT2D eigenvalue weighted by Gasteiger charge is 2.52. The monoisotopic (exact) mass is 531 g/mol. The molecule has 4 aliphatic carbocycles. The number of aliphatic hydroxyl groups is 3. The molecule has 3 N–H and O–H groups in total. The number of aromatic nitrogens is 1. The summed E-state index contributed by atoms with van der Waals surface area (Å²) in [5, 5.41) is 31.7. The number of aliphatic hydroxyl groups excluding tert-OH is 3. The van der Waals surface area contributed by atoms with Crippen LogP contribution in [-0.2, 0) is 11.8 Å². The predicted molar refractivity (Wildman–Crippen MR) is 158 cm³/mol. The SMILES string of the molecule is C=C1C(=CC=C2CCC[C@]3(C)[C@@H]([C@H](C)C=C[C@H](O)C4(c5cccc(CCC)n5)CC4)CC[C@@H]23)C[C@@H](O)C[C@@H]1O. The molecule has 4 fully saturated rings. The highest BCUT2D eigenvalue weighted by molar-refractivity contribution is 5.39. The Balaban J connectivity index is 1.28. The molecular weight excluding hydrogens is 482 g/mol. The molecule has 0 radical (unpaired) electrons. The number of pyridine rings is 1. The standard InChI is InChI=1S/C35H49NO3/c1-5-8-27-10-6-11-32(36-27)35(19-20-35)33(39)17-12-23(2)29-15-16-30-25(9-7-18-34(29,30)4)13-14-26-21-28(37)22-31(38)24(26)3/h6,10-14,17,23,28-31,33,37-39H,3,5,7-9,15-16,18-22H2,1-2,4H3/t23-,28-,29-,30+,31+,33+,34-/m1/s1. The molecule has 5 rings (SSSR count). The molecule has 4 aliphatic rings. The van der Waals surface area contributed by atoms with E-state index in [1.807, 2.05) is 0 Å². The molecule has 1 aromatic heterocycles. The molecule has 0 spiro atoms. The molecule has 1 aromatic rings. The van der Waals surface area contributed by atoms with Crippen LogP contribution in [0.1, 0.15) is 96.4 Å². The maximum atomic E-state index is 11.3. The summed E-state index contributed by atoms with van der Waals surface area (Å²) in [5.74, 6) is 1.57. The van der Waals surface area contributed by atoms with Crippen LogP contribution in [0.4, 0.5) is 0 Å². The van der Waals surface area contributed by atoms with E-state index in [0.29, 0.717) is 30.6 Å². The molecule has 0 saturated heterocycles. The average molecular weight is 532 g/mol. The Morgan fingerprint density at radius 2 is 1.92 bits per heavy atom. The smallest absolute Gasteiger partial charge is 0.0832 e. The third kappa shape index (κ3) is 5.62. The predicted octanol–water partition coefficient (Wildman–Crippen LogP) is 6.76. The van der Waals surface area contributed by atoms with Crippen LogP contribution in [0.15, 0.2) is 65.8 Å². The van der Waals surface area contributed by atoms with Crippen LogP contribution in [0.3, 0.4) is 0 Å². The largest absolute Gasteiger partial charge is 0.393 e. The molecule has 4 nitrogen and oxygen atoms in total. The summed E-state index contributed by atoms with van der Waals surface area (Å²) >= 11 is 0. The fourth-order valence-electron chi connectivity index (χ4n) is 8.20. The summed E-state index contributed by atoms with van der Waals surface area (Å²) in [6.45, 7) is 11.1. The number of aryl methyl sites for hydroxylation is 1. The molecule has 0 amide bonds. The molecule has 0 aliphatic heterocycles. The topological polar surface area (TPSA) is 73.6 Å². The Morgan fingerprint density at radius 3 is 2.67 bits per heavy atom. The first-order chi connectivity index (χ1) is 18.7. The summed E-state index contributed by atoms with van der Waals surface area (Å²) < 4.78 is 0. The number of allylic oxidation sites excluding steroid dienone is 4. The van der Waals surface area contributed by atoms with Gasteiger partial charge < -0.3 is 15.3 Å². The summed E-state index contributed by atoms with van der Waals surface area (Å²) in [4.78, 5) is 4.92. The van der Waals surface area contributed by atoms with Crippen molar-refractivity contribution < 1.29 is 15.3 Å². The molecule has 0 bridgehead atoms. The van der Waals surface area contributed by atoms with Crippen molar-refractivity contribution in [2.75, 3.05) is 0 Å². The van der Waals surface area contributed by atoms with Crippen LogP contribution in [-0.4, -0.2) is 38.6 Å². The number of rotatable bonds is 8. The Bertz CT molecular complexity index is 1140. The Morgan fingerprint density at radius 1 is 1.13 bits per heavy atom. The summed E-state index contributed by atoms with van der Waals surface area (Å²) in [6.07, 6.45) is 18.2. The van der Waals surface area contributed by atoms with Crippen molar-refractivity contribution in [2.24, 2.45) is 23.2 Å². The molecule has 1 heterocycles. The van der Waals surface area contributed by atoms with Crippen molar-refractivity contribution >= 4 is 0 Å². The lowest BCUT2D eigenvalue weighted by molar-refractivity contribution is 0.0862. The van der Waals surface area contributed by atoms with Gasteiger partial charge in [0.2, 0.25) is 0 Å². The van der Waals surface area contributed by atoms with Crippen molar-refractivity contribution in [3.05, 3.63) is 77.2 Å². The first kappa shape index (κ1) is 28.5. The van der Waals surface area contributed by atoms with Crippen molar-refractivity contribution in [2.45, 2.75) is 115 Å². The summed E-state index contributed by atoms with van der Waals surface area (Å²) in [7, 11) is 0. The van der Waals surface area contributed by atoms with Gasteiger partial charge in [0.1, 0.15) is 0 Å². The Hall–Kier alpha value is -2.01. The third-order valence-corrected chi connectivity index (χ3v) is 10.7.